The van der Waals surface area contributed by atoms with Gasteiger partial charge in [-0.05, 0) is 30.7 Å². The molecule has 2 aromatic heterocycles. The number of nitrogens with one attached hydrogen (secondary N) is 1. The Morgan fingerprint density at radius 1 is 1.29 bits per heavy atom. The molecule has 108 valence electrons. The first kappa shape index (κ1) is 13.4. The van der Waals surface area contributed by atoms with Gasteiger partial charge >= 0.3 is 0 Å². The minimum atomic E-state index is 0.715. The van der Waals surface area contributed by atoms with Crippen molar-refractivity contribution in [1.82, 2.24) is 14.8 Å². The van der Waals surface area contributed by atoms with Crippen LogP contribution in [0.15, 0.2) is 36.7 Å². The van der Waals surface area contributed by atoms with Crippen LogP contribution in [0, 0.1) is 0 Å². The van der Waals surface area contributed by atoms with Crippen molar-refractivity contribution in [3.63, 3.8) is 0 Å². The molecule has 5 nitrogen and oxygen atoms in total. The number of hydrogen-bond acceptors (Lipinski definition) is 4. The van der Waals surface area contributed by atoms with Crippen molar-refractivity contribution < 1.29 is 0 Å². The molecule has 5 heteroatoms. The first-order chi connectivity index (χ1) is 10.2. The lowest BCUT2D eigenvalue weighted by Crippen LogP contribution is -2.04. The first-order valence-electron chi connectivity index (χ1n) is 7.07. The van der Waals surface area contributed by atoms with E-state index < -0.39 is 0 Å². The fourth-order valence-corrected chi connectivity index (χ4v) is 2.55. The van der Waals surface area contributed by atoms with Crippen molar-refractivity contribution in [2.24, 2.45) is 7.05 Å². The van der Waals surface area contributed by atoms with Crippen LogP contribution in [0.2, 0.25) is 0 Å². The SMILES string of the molecule is CCc1nn(C)cc1CNc1ccc2ncccc2c1N. The van der Waals surface area contributed by atoms with E-state index in [1.165, 1.54) is 5.56 Å². The maximum absolute atomic E-state index is 6.24. The molecule has 0 saturated carbocycles. The summed E-state index contributed by atoms with van der Waals surface area (Å²) in [7, 11) is 1.94. The Morgan fingerprint density at radius 2 is 2.14 bits per heavy atom. The third-order valence-corrected chi connectivity index (χ3v) is 3.62. The summed E-state index contributed by atoms with van der Waals surface area (Å²) in [5.41, 5.74) is 11.1. The quantitative estimate of drug-likeness (QED) is 0.721. The molecule has 3 aromatic rings. The Morgan fingerprint density at radius 3 is 2.95 bits per heavy atom. The Balaban J connectivity index is 1.86. The van der Waals surface area contributed by atoms with E-state index in [2.05, 4.69) is 22.3 Å². The van der Waals surface area contributed by atoms with Gasteiger partial charge in [-0.25, -0.2) is 0 Å². The van der Waals surface area contributed by atoms with E-state index >= 15 is 0 Å². The van der Waals surface area contributed by atoms with Crippen molar-refractivity contribution in [2.75, 3.05) is 11.1 Å². The lowest BCUT2D eigenvalue weighted by molar-refractivity contribution is 0.746. The molecule has 0 fully saturated rings. The summed E-state index contributed by atoms with van der Waals surface area (Å²) in [6.07, 6.45) is 4.75. The summed E-state index contributed by atoms with van der Waals surface area (Å²) in [6.45, 7) is 2.83. The molecule has 0 unspecified atom stereocenters. The molecule has 0 bridgehead atoms. The van der Waals surface area contributed by atoms with Crippen molar-refractivity contribution >= 4 is 22.3 Å². The highest BCUT2D eigenvalue weighted by Crippen LogP contribution is 2.27. The molecule has 0 radical (unpaired) electrons. The second kappa shape index (κ2) is 5.44. The van der Waals surface area contributed by atoms with Gasteiger partial charge in [-0.3, -0.25) is 9.67 Å². The number of nitrogens with zero attached hydrogens (tertiary/aromatic N) is 3. The van der Waals surface area contributed by atoms with Crippen LogP contribution in [0.5, 0.6) is 0 Å². The molecule has 3 rings (SSSR count). The normalized spacial score (nSPS) is 11.0. The Labute approximate surface area is 123 Å². The number of aryl methyl sites for hydroxylation is 2. The van der Waals surface area contributed by atoms with Gasteiger partial charge in [0.1, 0.15) is 0 Å². The first-order valence-corrected chi connectivity index (χ1v) is 7.07. The molecular weight excluding hydrogens is 262 g/mol. The Bertz CT molecular complexity index is 775. The van der Waals surface area contributed by atoms with Gasteiger partial charge in [0.25, 0.3) is 0 Å². The molecule has 21 heavy (non-hydrogen) atoms. The Kier molecular flexibility index (Phi) is 3.48. The molecule has 0 aliphatic rings. The van der Waals surface area contributed by atoms with Gasteiger partial charge < -0.3 is 11.1 Å². The molecule has 1 aromatic carbocycles. The van der Waals surface area contributed by atoms with E-state index in [1.54, 1.807) is 6.20 Å². The average molecular weight is 281 g/mol. The summed E-state index contributed by atoms with van der Waals surface area (Å²) in [4.78, 5) is 4.31. The van der Waals surface area contributed by atoms with Crippen LogP contribution in [-0.2, 0) is 20.0 Å². The molecule has 0 aliphatic carbocycles. The Hall–Kier alpha value is -2.56. The zero-order valence-electron chi connectivity index (χ0n) is 12.3. The molecule has 0 atom stereocenters. The molecule has 0 aliphatic heterocycles. The predicted molar refractivity (Wildman–Crippen MR) is 86.1 cm³/mol. The van der Waals surface area contributed by atoms with Gasteiger partial charge in [-0.15, -0.1) is 0 Å². The van der Waals surface area contributed by atoms with Crippen LogP contribution < -0.4 is 11.1 Å². The van der Waals surface area contributed by atoms with Gasteiger partial charge in [0, 0.05) is 36.9 Å². The molecule has 3 N–H and O–H groups in total. The lowest BCUT2D eigenvalue weighted by atomic mass is 10.1. The van der Waals surface area contributed by atoms with Gasteiger partial charge in [-0.1, -0.05) is 6.92 Å². The van der Waals surface area contributed by atoms with Crippen LogP contribution in [0.3, 0.4) is 0 Å². The summed E-state index contributed by atoms with van der Waals surface area (Å²) < 4.78 is 1.85. The second-order valence-corrected chi connectivity index (χ2v) is 5.08. The average Bonchev–Trinajstić information content (AvgIpc) is 2.87. The third-order valence-electron chi connectivity index (χ3n) is 3.62. The number of nitrogen functional groups attached to an aromatic ring is 1. The fourth-order valence-electron chi connectivity index (χ4n) is 2.55. The highest BCUT2D eigenvalue weighted by Gasteiger charge is 2.08. The number of benzene rings is 1. The van der Waals surface area contributed by atoms with Gasteiger partial charge in [0.2, 0.25) is 0 Å². The van der Waals surface area contributed by atoms with E-state index in [9.17, 15) is 0 Å². The number of anilines is 2. The lowest BCUT2D eigenvalue weighted by Gasteiger charge is -2.11. The number of nitrogens with two attached hydrogens (primary N) is 1. The predicted octanol–water partition coefficient (Wildman–Crippen LogP) is 2.73. The largest absolute Gasteiger partial charge is 0.397 e. The number of pyridine rings is 1. The third kappa shape index (κ3) is 2.54. The van der Waals surface area contributed by atoms with Crippen molar-refractivity contribution in [1.29, 1.82) is 0 Å². The minimum absolute atomic E-state index is 0.715. The van der Waals surface area contributed by atoms with E-state index in [-0.39, 0.29) is 0 Å². The topological polar surface area (TPSA) is 68.8 Å². The molecule has 0 spiro atoms. The van der Waals surface area contributed by atoms with Crippen LogP contribution in [0.25, 0.3) is 10.9 Å². The van der Waals surface area contributed by atoms with E-state index in [4.69, 9.17) is 5.73 Å². The van der Waals surface area contributed by atoms with Crippen molar-refractivity contribution in [3.8, 4) is 0 Å². The van der Waals surface area contributed by atoms with E-state index in [0.29, 0.717) is 6.54 Å². The number of fused-ring (bicyclic) bond motifs is 1. The van der Waals surface area contributed by atoms with Gasteiger partial charge in [0.05, 0.1) is 22.6 Å². The molecule has 2 heterocycles. The number of aromatic nitrogens is 3. The van der Waals surface area contributed by atoms with Crippen LogP contribution >= 0.6 is 0 Å². The highest BCUT2D eigenvalue weighted by atomic mass is 15.3. The number of rotatable bonds is 4. The minimum Gasteiger partial charge on any atom is -0.397 e. The summed E-state index contributed by atoms with van der Waals surface area (Å²) in [6, 6.07) is 7.85. The molecular formula is C16H19N5. The van der Waals surface area contributed by atoms with Gasteiger partial charge in [-0.2, -0.15) is 5.10 Å². The summed E-state index contributed by atoms with van der Waals surface area (Å²) in [5, 5.41) is 8.83. The van der Waals surface area contributed by atoms with Crippen LogP contribution in [0.4, 0.5) is 11.4 Å². The fraction of sp³-hybridized carbons (Fsp3) is 0.250. The zero-order valence-corrected chi connectivity index (χ0v) is 12.3. The maximum Gasteiger partial charge on any atom is 0.0724 e. The van der Waals surface area contributed by atoms with Crippen LogP contribution in [-0.4, -0.2) is 14.8 Å². The van der Waals surface area contributed by atoms with Crippen molar-refractivity contribution in [3.05, 3.63) is 47.9 Å². The molecule has 0 amide bonds. The maximum atomic E-state index is 6.24. The van der Waals surface area contributed by atoms with Gasteiger partial charge in [0.15, 0.2) is 0 Å². The smallest absolute Gasteiger partial charge is 0.0724 e. The van der Waals surface area contributed by atoms with E-state index in [0.717, 1.165) is 34.4 Å². The standard InChI is InChI=1S/C16H19N5/c1-3-13-11(10-21(2)20-13)9-19-15-7-6-14-12(16(15)17)5-4-8-18-14/h4-8,10,19H,3,9,17H2,1-2H3. The molecule has 0 saturated heterocycles. The van der Waals surface area contributed by atoms with E-state index in [1.807, 2.05) is 42.2 Å². The summed E-state index contributed by atoms with van der Waals surface area (Å²) in [5.74, 6) is 0. The number of hydrogen-bond donors (Lipinski definition) is 2. The van der Waals surface area contributed by atoms with Crippen LogP contribution in [0.1, 0.15) is 18.2 Å². The monoisotopic (exact) mass is 281 g/mol. The summed E-state index contributed by atoms with van der Waals surface area (Å²) >= 11 is 0. The highest BCUT2D eigenvalue weighted by molar-refractivity contribution is 5.96. The zero-order chi connectivity index (χ0) is 14.8. The second-order valence-electron chi connectivity index (χ2n) is 5.08. The van der Waals surface area contributed by atoms with Crippen molar-refractivity contribution in [2.45, 2.75) is 19.9 Å².